The second kappa shape index (κ2) is 4.17. The first kappa shape index (κ1) is 10.7. The number of hydrogen-bond acceptors (Lipinski definition) is 3. The molecule has 4 heteroatoms. The summed E-state index contributed by atoms with van der Waals surface area (Å²) in [5.74, 6) is 0. The molecule has 4 rings (SSSR count). The van der Waals surface area contributed by atoms with Crippen molar-refractivity contribution >= 4 is 5.65 Å². The van der Waals surface area contributed by atoms with Gasteiger partial charge in [0.2, 0.25) is 0 Å². The van der Waals surface area contributed by atoms with Crippen LogP contribution in [0.1, 0.15) is 23.0 Å². The Labute approximate surface area is 111 Å². The second-order valence-corrected chi connectivity index (χ2v) is 4.79. The summed E-state index contributed by atoms with van der Waals surface area (Å²) in [7, 11) is 0. The Balaban J connectivity index is 1.95. The Kier molecular flexibility index (Phi) is 2.35. The van der Waals surface area contributed by atoms with Crippen molar-refractivity contribution in [2.45, 2.75) is 12.5 Å². The van der Waals surface area contributed by atoms with E-state index in [4.69, 9.17) is 4.98 Å². The van der Waals surface area contributed by atoms with Gasteiger partial charge in [-0.2, -0.15) is 0 Å². The number of hydrogen-bond donors (Lipinski definition) is 1. The molecule has 0 aliphatic carbocycles. The van der Waals surface area contributed by atoms with Gasteiger partial charge >= 0.3 is 0 Å². The van der Waals surface area contributed by atoms with Crippen LogP contribution >= 0.6 is 0 Å². The molecule has 4 nitrogen and oxygen atoms in total. The van der Waals surface area contributed by atoms with Gasteiger partial charge in [-0.1, -0.05) is 6.07 Å². The van der Waals surface area contributed by atoms with Crippen LogP contribution in [0.3, 0.4) is 0 Å². The van der Waals surface area contributed by atoms with Crippen molar-refractivity contribution < 1.29 is 0 Å². The third-order valence-corrected chi connectivity index (χ3v) is 3.67. The molecule has 3 aromatic rings. The molecule has 1 aliphatic rings. The van der Waals surface area contributed by atoms with Gasteiger partial charge < -0.3 is 9.72 Å². The van der Waals surface area contributed by atoms with Crippen LogP contribution in [0.5, 0.6) is 0 Å². The molecule has 4 heterocycles. The molecule has 3 aromatic heterocycles. The number of fused-ring (bicyclic) bond motifs is 3. The average molecular weight is 250 g/mol. The molecule has 94 valence electrons. The van der Waals surface area contributed by atoms with Crippen molar-refractivity contribution in [2.24, 2.45) is 0 Å². The van der Waals surface area contributed by atoms with Gasteiger partial charge in [0.15, 0.2) is 0 Å². The van der Waals surface area contributed by atoms with E-state index in [1.54, 1.807) is 0 Å². The zero-order valence-electron chi connectivity index (χ0n) is 10.5. The van der Waals surface area contributed by atoms with E-state index < -0.39 is 0 Å². The van der Waals surface area contributed by atoms with Crippen LogP contribution < -0.4 is 5.32 Å². The Morgan fingerprint density at radius 3 is 2.95 bits per heavy atom. The predicted octanol–water partition coefficient (Wildman–Crippen LogP) is 1.96. The van der Waals surface area contributed by atoms with E-state index in [0.717, 1.165) is 18.6 Å². The fourth-order valence-electron chi connectivity index (χ4n) is 2.82. The number of rotatable bonds is 1. The molecule has 0 saturated carbocycles. The highest BCUT2D eigenvalue weighted by Gasteiger charge is 2.25. The molecule has 19 heavy (non-hydrogen) atoms. The van der Waals surface area contributed by atoms with Crippen LogP contribution in [0.15, 0.2) is 48.9 Å². The van der Waals surface area contributed by atoms with E-state index in [-0.39, 0.29) is 6.04 Å². The standard InChI is InChI=1S/C15H14N4/c1-2-10-19-13(3-1)18-12-6-9-17-14(15(12)19)11-4-7-16-8-5-11/h1-5,7-8,10,14,17H,6,9H2. The predicted molar refractivity (Wildman–Crippen MR) is 73.0 cm³/mol. The molecular weight excluding hydrogens is 236 g/mol. The minimum Gasteiger partial charge on any atom is -0.305 e. The number of aromatic nitrogens is 3. The van der Waals surface area contributed by atoms with Crippen LogP contribution in [0.25, 0.3) is 5.65 Å². The van der Waals surface area contributed by atoms with Crippen LogP contribution in [0.4, 0.5) is 0 Å². The Bertz CT molecular complexity index is 717. The lowest BCUT2D eigenvalue weighted by Gasteiger charge is -2.24. The molecule has 1 unspecified atom stereocenters. The minimum absolute atomic E-state index is 0.198. The van der Waals surface area contributed by atoms with Crippen LogP contribution in [-0.4, -0.2) is 20.9 Å². The quantitative estimate of drug-likeness (QED) is 0.718. The molecular formula is C15H14N4. The molecule has 1 N–H and O–H groups in total. The molecule has 1 atom stereocenters. The van der Waals surface area contributed by atoms with E-state index in [9.17, 15) is 0 Å². The maximum atomic E-state index is 4.74. The van der Waals surface area contributed by atoms with Crippen LogP contribution in [0.2, 0.25) is 0 Å². The summed E-state index contributed by atoms with van der Waals surface area (Å²) in [6.07, 6.45) is 6.75. The third-order valence-electron chi connectivity index (χ3n) is 3.67. The van der Waals surface area contributed by atoms with Crippen molar-refractivity contribution in [3.63, 3.8) is 0 Å². The van der Waals surface area contributed by atoms with Gasteiger partial charge in [-0.25, -0.2) is 4.98 Å². The molecule has 1 aliphatic heterocycles. The highest BCUT2D eigenvalue weighted by molar-refractivity contribution is 5.47. The fourth-order valence-corrected chi connectivity index (χ4v) is 2.82. The van der Waals surface area contributed by atoms with Crippen molar-refractivity contribution in [3.8, 4) is 0 Å². The van der Waals surface area contributed by atoms with Crippen molar-refractivity contribution in [1.29, 1.82) is 0 Å². The van der Waals surface area contributed by atoms with Crippen LogP contribution in [0, 0.1) is 0 Å². The smallest absolute Gasteiger partial charge is 0.137 e. The lowest BCUT2D eigenvalue weighted by Crippen LogP contribution is -2.31. The van der Waals surface area contributed by atoms with E-state index in [0.29, 0.717) is 0 Å². The lowest BCUT2D eigenvalue weighted by molar-refractivity contribution is 0.547. The minimum atomic E-state index is 0.198. The number of nitrogens with one attached hydrogen (secondary N) is 1. The maximum Gasteiger partial charge on any atom is 0.137 e. The van der Waals surface area contributed by atoms with Gasteiger partial charge in [-0.15, -0.1) is 0 Å². The van der Waals surface area contributed by atoms with Gasteiger partial charge in [-0.05, 0) is 29.8 Å². The highest BCUT2D eigenvalue weighted by atomic mass is 15.1. The first-order valence-corrected chi connectivity index (χ1v) is 6.52. The van der Waals surface area contributed by atoms with Gasteiger partial charge in [0, 0.05) is 31.6 Å². The van der Waals surface area contributed by atoms with Gasteiger partial charge in [0.25, 0.3) is 0 Å². The summed E-state index contributed by atoms with van der Waals surface area (Å²) in [4.78, 5) is 8.83. The summed E-state index contributed by atoms with van der Waals surface area (Å²) in [6, 6.07) is 10.5. The summed E-state index contributed by atoms with van der Waals surface area (Å²) < 4.78 is 2.19. The summed E-state index contributed by atoms with van der Waals surface area (Å²) >= 11 is 0. The Morgan fingerprint density at radius 1 is 1.16 bits per heavy atom. The Hall–Kier alpha value is -2.20. The second-order valence-electron chi connectivity index (χ2n) is 4.79. The molecule has 0 radical (unpaired) electrons. The zero-order chi connectivity index (χ0) is 12.7. The molecule has 0 spiro atoms. The van der Waals surface area contributed by atoms with Crippen molar-refractivity contribution in [3.05, 3.63) is 65.9 Å². The normalized spacial score (nSPS) is 18.4. The average Bonchev–Trinajstić information content (AvgIpc) is 2.86. The highest BCUT2D eigenvalue weighted by Crippen LogP contribution is 2.28. The third kappa shape index (κ3) is 1.64. The SMILES string of the molecule is c1ccn2c3c(nc2c1)CCNC3c1ccncc1. The summed E-state index contributed by atoms with van der Waals surface area (Å²) in [5, 5.41) is 3.58. The number of nitrogens with zero attached hydrogens (tertiary/aromatic N) is 3. The van der Waals surface area contributed by atoms with Crippen molar-refractivity contribution in [1.82, 2.24) is 19.7 Å². The Morgan fingerprint density at radius 2 is 2.05 bits per heavy atom. The fraction of sp³-hybridized carbons (Fsp3) is 0.200. The van der Waals surface area contributed by atoms with E-state index >= 15 is 0 Å². The molecule has 0 aromatic carbocycles. The summed E-state index contributed by atoms with van der Waals surface area (Å²) in [5.41, 5.74) is 4.72. The number of pyridine rings is 2. The molecule has 0 fully saturated rings. The first-order chi connectivity index (χ1) is 9.43. The van der Waals surface area contributed by atoms with Gasteiger partial charge in [-0.3, -0.25) is 4.98 Å². The van der Waals surface area contributed by atoms with Gasteiger partial charge in [0.05, 0.1) is 17.4 Å². The van der Waals surface area contributed by atoms with E-state index in [2.05, 4.69) is 39.1 Å². The topological polar surface area (TPSA) is 42.2 Å². The lowest BCUT2D eigenvalue weighted by atomic mass is 9.99. The van der Waals surface area contributed by atoms with Crippen molar-refractivity contribution in [2.75, 3.05) is 6.54 Å². The van der Waals surface area contributed by atoms with E-state index in [1.165, 1.54) is 17.0 Å². The summed E-state index contributed by atoms with van der Waals surface area (Å²) in [6.45, 7) is 0.962. The largest absolute Gasteiger partial charge is 0.305 e. The monoisotopic (exact) mass is 250 g/mol. The number of imidazole rings is 1. The molecule has 0 saturated heterocycles. The molecule has 0 bridgehead atoms. The molecule has 0 amide bonds. The van der Waals surface area contributed by atoms with Crippen LogP contribution in [-0.2, 0) is 6.42 Å². The zero-order valence-corrected chi connectivity index (χ0v) is 10.5. The maximum absolute atomic E-state index is 4.74. The van der Waals surface area contributed by atoms with E-state index in [1.807, 2.05) is 24.5 Å². The van der Waals surface area contributed by atoms with Gasteiger partial charge in [0.1, 0.15) is 5.65 Å². The first-order valence-electron chi connectivity index (χ1n) is 6.52.